The summed E-state index contributed by atoms with van der Waals surface area (Å²) in [5, 5.41) is 0.889. The summed E-state index contributed by atoms with van der Waals surface area (Å²) in [6.07, 6.45) is 3.69. The Morgan fingerprint density at radius 2 is 1.81 bits per heavy atom. The van der Waals surface area contributed by atoms with Gasteiger partial charge in [-0.3, -0.25) is 14.0 Å². The smallest absolute Gasteiger partial charge is 0.176 e. The summed E-state index contributed by atoms with van der Waals surface area (Å²) in [5.41, 5.74) is 7.11. The molecule has 0 bridgehead atoms. The zero-order chi connectivity index (χ0) is 21.7. The number of aromatic nitrogens is 5. The SMILES string of the molecule is Cc1ccccc1-n1c(=S)sc2c1nc(SCc1cccnc1)n1c3ccccc3nc21. The van der Waals surface area contributed by atoms with Crippen LogP contribution in [0, 0.1) is 10.9 Å². The maximum atomic E-state index is 5.81. The molecule has 0 atom stereocenters. The molecule has 0 saturated carbocycles. The Labute approximate surface area is 197 Å². The van der Waals surface area contributed by atoms with Crippen molar-refractivity contribution in [3.05, 3.63) is 88.1 Å². The second kappa shape index (κ2) is 7.81. The van der Waals surface area contributed by atoms with Crippen LogP contribution in [-0.4, -0.2) is 23.9 Å². The number of thioether (sulfide) groups is 1. The Hall–Kier alpha value is -3.07. The zero-order valence-electron chi connectivity index (χ0n) is 17.1. The molecule has 0 aliphatic carbocycles. The normalized spacial score (nSPS) is 11.7. The number of nitrogens with zero attached hydrogens (tertiary/aromatic N) is 5. The molecule has 6 aromatic rings. The van der Waals surface area contributed by atoms with Crippen LogP contribution in [0.1, 0.15) is 11.1 Å². The van der Waals surface area contributed by atoms with Crippen molar-refractivity contribution >= 4 is 62.3 Å². The molecule has 0 saturated heterocycles. The topological polar surface area (TPSA) is 48.0 Å². The van der Waals surface area contributed by atoms with Crippen molar-refractivity contribution in [3.8, 4) is 5.69 Å². The Morgan fingerprint density at radius 3 is 2.66 bits per heavy atom. The molecular formula is C24H17N5S3. The quantitative estimate of drug-likeness (QED) is 0.164. The highest BCUT2D eigenvalue weighted by atomic mass is 32.2. The maximum Gasteiger partial charge on any atom is 0.176 e. The van der Waals surface area contributed by atoms with Crippen LogP contribution in [-0.2, 0) is 5.75 Å². The van der Waals surface area contributed by atoms with Gasteiger partial charge < -0.3 is 0 Å². The van der Waals surface area contributed by atoms with Crippen LogP contribution in [0.5, 0.6) is 0 Å². The molecule has 4 aromatic heterocycles. The molecule has 6 rings (SSSR count). The minimum absolute atomic E-state index is 0.767. The van der Waals surface area contributed by atoms with Crippen molar-refractivity contribution in [1.29, 1.82) is 0 Å². The number of thiazole rings is 1. The van der Waals surface area contributed by atoms with Crippen LogP contribution in [0.2, 0.25) is 0 Å². The Morgan fingerprint density at radius 1 is 0.969 bits per heavy atom. The number of aryl methyl sites for hydroxylation is 1. The summed E-state index contributed by atoms with van der Waals surface area (Å²) in [5.74, 6) is 0.767. The van der Waals surface area contributed by atoms with Gasteiger partial charge in [0.15, 0.2) is 20.4 Å². The van der Waals surface area contributed by atoms with Gasteiger partial charge in [-0.2, -0.15) is 0 Å². The fourth-order valence-corrected chi connectivity index (χ4v) is 6.15. The highest BCUT2D eigenvalue weighted by molar-refractivity contribution is 7.98. The molecule has 2 aromatic carbocycles. The molecule has 0 aliphatic heterocycles. The summed E-state index contributed by atoms with van der Waals surface area (Å²) in [6.45, 7) is 2.10. The highest BCUT2D eigenvalue weighted by Gasteiger charge is 2.20. The molecule has 8 heteroatoms. The van der Waals surface area contributed by atoms with Crippen molar-refractivity contribution in [2.75, 3.05) is 0 Å². The monoisotopic (exact) mass is 471 g/mol. The average molecular weight is 472 g/mol. The van der Waals surface area contributed by atoms with Crippen molar-refractivity contribution in [2.24, 2.45) is 0 Å². The molecule has 32 heavy (non-hydrogen) atoms. The van der Waals surface area contributed by atoms with Crippen LogP contribution >= 0.6 is 35.3 Å². The molecule has 0 N–H and O–H groups in total. The van der Waals surface area contributed by atoms with Crippen LogP contribution in [0.25, 0.3) is 32.7 Å². The van der Waals surface area contributed by atoms with Crippen LogP contribution in [0.4, 0.5) is 0 Å². The Balaban J connectivity index is 1.65. The lowest BCUT2D eigenvalue weighted by atomic mass is 10.2. The summed E-state index contributed by atoms with van der Waals surface area (Å²) >= 11 is 9.06. The predicted molar refractivity (Wildman–Crippen MR) is 135 cm³/mol. The fourth-order valence-electron chi connectivity index (χ4n) is 3.88. The van der Waals surface area contributed by atoms with Gasteiger partial charge in [-0.25, -0.2) is 9.97 Å². The van der Waals surface area contributed by atoms with E-state index in [2.05, 4.69) is 45.1 Å². The number of fused-ring (bicyclic) bond motifs is 5. The molecule has 0 spiro atoms. The van der Waals surface area contributed by atoms with Gasteiger partial charge in [-0.15, -0.1) is 0 Å². The number of hydrogen-bond acceptors (Lipinski definition) is 6. The summed E-state index contributed by atoms with van der Waals surface area (Å²) in [7, 11) is 0. The predicted octanol–water partition coefficient (Wildman–Crippen LogP) is 6.61. The van der Waals surface area contributed by atoms with E-state index in [4.69, 9.17) is 22.2 Å². The van der Waals surface area contributed by atoms with E-state index in [1.807, 2.05) is 42.6 Å². The third kappa shape index (κ3) is 3.14. The van der Waals surface area contributed by atoms with E-state index in [9.17, 15) is 0 Å². The first kappa shape index (κ1) is 19.6. The minimum Gasteiger partial charge on any atom is -0.275 e. The van der Waals surface area contributed by atoms with Gasteiger partial charge in [0.05, 0.1) is 16.7 Å². The number of imidazole rings is 1. The second-order valence-electron chi connectivity index (χ2n) is 7.45. The molecule has 5 nitrogen and oxygen atoms in total. The first-order valence-corrected chi connectivity index (χ1v) is 12.3. The summed E-state index contributed by atoms with van der Waals surface area (Å²) < 4.78 is 6.01. The molecule has 0 radical (unpaired) electrons. The molecular weight excluding hydrogens is 455 g/mol. The Kier molecular flexibility index (Phi) is 4.78. The molecule has 0 fully saturated rings. The number of benzene rings is 2. The molecule has 0 aliphatic rings. The van der Waals surface area contributed by atoms with E-state index in [0.29, 0.717) is 0 Å². The van der Waals surface area contributed by atoms with E-state index < -0.39 is 0 Å². The van der Waals surface area contributed by atoms with Crippen molar-refractivity contribution in [3.63, 3.8) is 0 Å². The van der Waals surface area contributed by atoms with Gasteiger partial charge in [0, 0.05) is 18.1 Å². The minimum atomic E-state index is 0.767. The highest BCUT2D eigenvalue weighted by Crippen LogP contribution is 2.35. The molecule has 0 unspecified atom stereocenters. The standard InChI is InChI=1S/C24H17N5S3/c1-15-7-2-4-10-18(15)29-22-20(32-24(29)30)21-26-17-9-3-5-11-19(17)28(21)23(27-22)31-14-16-8-6-12-25-13-16/h2-13H,14H2,1H3. The summed E-state index contributed by atoms with van der Waals surface area (Å²) in [4.78, 5) is 14.4. The van der Waals surface area contributed by atoms with E-state index >= 15 is 0 Å². The molecule has 156 valence electrons. The number of hydrogen-bond donors (Lipinski definition) is 0. The zero-order valence-corrected chi connectivity index (χ0v) is 19.5. The van der Waals surface area contributed by atoms with Crippen molar-refractivity contribution < 1.29 is 0 Å². The fraction of sp³-hybridized carbons (Fsp3) is 0.0833. The third-order valence-corrected chi connectivity index (χ3v) is 7.76. The van der Waals surface area contributed by atoms with Gasteiger partial charge in [0.2, 0.25) is 0 Å². The summed E-state index contributed by atoms with van der Waals surface area (Å²) in [6, 6.07) is 20.5. The average Bonchev–Trinajstić information content (AvgIpc) is 3.36. The lowest BCUT2D eigenvalue weighted by molar-refractivity contribution is 0.925. The Bertz CT molecular complexity index is 1660. The van der Waals surface area contributed by atoms with Gasteiger partial charge in [-0.05, 0) is 54.5 Å². The van der Waals surface area contributed by atoms with Crippen molar-refractivity contribution in [1.82, 2.24) is 23.9 Å². The van der Waals surface area contributed by atoms with E-state index in [1.54, 1.807) is 29.3 Å². The molecule has 0 amide bonds. The largest absolute Gasteiger partial charge is 0.275 e. The first-order valence-electron chi connectivity index (χ1n) is 10.1. The second-order valence-corrected chi connectivity index (χ2v) is 10.0. The van der Waals surface area contributed by atoms with Crippen LogP contribution in [0.15, 0.2) is 78.2 Å². The first-order chi connectivity index (χ1) is 15.7. The van der Waals surface area contributed by atoms with Crippen LogP contribution < -0.4 is 0 Å². The lowest BCUT2D eigenvalue weighted by Crippen LogP contribution is -2.02. The van der Waals surface area contributed by atoms with E-state index in [0.717, 1.165) is 58.7 Å². The van der Waals surface area contributed by atoms with Crippen LogP contribution in [0.3, 0.4) is 0 Å². The van der Waals surface area contributed by atoms with E-state index in [-0.39, 0.29) is 0 Å². The third-order valence-electron chi connectivity index (χ3n) is 5.39. The van der Waals surface area contributed by atoms with E-state index in [1.165, 1.54) is 0 Å². The number of para-hydroxylation sites is 3. The number of rotatable bonds is 4. The molecule has 4 heterocycles. The van der Waals surface area contributed by atoms with Gasteiger partial charge >= 0.3 is 0 Å². The van der Waals surface area contributed by atoms with Crippen molar-refractivity contribution in [2.45, 2.75) is 17.8 Å². The number of pyridine rings is 1. The van der Waals surface area contributed by atoms with Gasteiger partial charge in [-0.1, -0.05) is 59.5 Å². The van der Waals surface area contributed by atoms with Gasteiger partial charge in [0.1, 0.15) is 4.70 Å². The van der Waals surface area contributed by atoms with Gasteiger partial charge in [0.25, 0.3) is 0 Å². The lowest BCUT2D eigenvalue weighted by Gasteiger charge is -2.10. The maximum absolute atomic E-state index is 5.81.